The number of rotatable bonds is 1. The first-order chi connectivity index (χ1) is 6.94. The molecule has 1 atom stereocenters. The Morgan fingerprint density at radius 3 is 2.80 bits per heavy atom. The molecule has 2 rings (SSSR count). The normalized spacial score (nSPS) is 23.5. The van der Waals surface area contributed by atoms with Crippen LogP contribution in [0.5, 0.6) is 0 Å². The summed E-state index contributed by atoms with van der Waals surface area (Å²) in [5, 5.41) is 13.3. The molecule has 0 spiro atoms. The topological polar surface area (TPSA) is 72.2 Å². The fraction of sp³-hybridized carbons (Fsp3) is 0.222. The molecule has 0 bridgehead atoms. The first-order valence-corrected chi connectivity index (χ1v) is 4.60. The smallest absolute Gasteiger partial charge is 0.277 e. The number of hydrogen-bond acceptors (Lipinski definition) is 3. The molecule has 0 saturated carbocycles. The summed E-state index contributed by atoms with van der Waals surface area (Å²) in [6.07, 6.45) is 0. The lowest BCUT2D eigenvalue weighted by Gasteiger charge is -2.11. The van der Waals surface area contributed by atoms with Crippen LogP contribution in [0.1, 0.15) is 12.5 Å². The number of hydrogen-bond donors (Lipinski definition) is 1. The summed E-state index contributed by atoms with van der Waals surface area (Å²) >= 11 is 5.98. The zero-order valence-corrected chi connectivity index (χ0v) is 8.54. The molecule has 1 unspecified atom stereocenters. The van der Waals surface area contributed by atoms with E-state index in [-0.39, 0.29) is 11.3 Å². The van der Waals surface area contributed by atoms with Crippen LogP contribution in [0.25, 0.3) is 0 Å². The van der Waals surface area contributed by atoms with Crippen molar-refractivity contribution in [3.8, 4) is 0 Å². The first kappa shape index (κ1) is 9.92. The van der Waals surface area contributed by atoms with E-state index in [1.807, 2.05) is 0 Å². The summed E-state index contributed by atoms with van der Waals surface area (Å²) in [6, 6.07) is 4.43. The summed E-state index contributed by atoms with van der Waals surface area (Å²) < 4.78 is 0. The second-order valence-electron chi connectivity index (χ2n) is 3.41. The van der Waals surface area contributed by atoms with Crippen molar-refractivity contribution < 1.29 is 9.72 Å². The molecule has 1 N–H and O–H groups in total. The second kappa shape index (κ2) is 2.93. The Labute approximate surface area is 90.2 Å². The maximum Gasteiger partial charge on any atom is 0.277 e. The summed E-state index contributed by atoms with van der Waals surface area (Å²) in [5.74, 6) is -0.437. The first-order valence-electron chi connectivity index (χ1n) is 4.23. The highest BCUT2D eigenvalue weighted by molar-refractivity contribution is 6.39. The molecule has 0 radical (unpaired) electrons. The molecule has 5 nitrogen and oxygen atoms in total. The number of fused-ring (bicyclic) bond motifs is 1. The number of anilines is 1. The predicted molar refractivity (Wildman–Crippen MR) is 54.9 cm³/mol. The molecule has 0 fully saturated rings. The van der Waals surface area contributed by atoms with Gasteiger partial charge < -0.3 is 5.32 Å². The van der Waals surface area contributed by atoms with E-state index >= 15 is 0 Å². The average Bonchev–Trinajstić information content (AvgIpc) is 2.38. The van der Waals surface area contributed by atoms with Crippen molar-refractivity contribution in [2.75, 3.05) is 5.32 Å². The molecule has 0 aromatic heterocycles. The third-order valence-electron chi connectivity index (χ3n) is 2.38. The minimum Gasteiger partial charge on any atom is -0.324 e. The molecule has 1 aliphatic rings. The van der Waals surface area contributed by atoms with E-state index in [4.69, 9.17) is 11.6 Å². The van der Waals surface area contributed by atoms with Crippen LogP contribution in [0.3, 0.4) is 0 Å². The fourth-order valence-electron chi connectivity index (χ4n) is 1.64. The summed E-state index contributed by atoms with van der Waals surface area (Å²) in [6.45, 7) is 1.45. The van der Waals surface area contributed by atoms with Crippen molar-refractivity contribution in [2.45, 2.75) is 11.8 Å². The molecule has 78 valence electrons. The van der Waals surface area contributed by atoms with Gasteiger partial charge in [0, 0.05) is 6.07 Å². The number of nitro groups is 1. The van der Waals surface area contributed by atoms with Crippen molar-refractivity contribution >= 4 is 28.9 Å². The van der Waals surface area contributed by atoms with Gasteiger partial charge in [-0.15, -0.1) is 11.6 Å². The molecule has 1 heterocycles. The predicted octanol–water partition coefficient (Wildman–Crippen LogP) is 2.00. The number of carbonyl (C=O) groups is 1. The minimum atomic E-state index is -1.36. The molecular formula is C9H7ClN2O3. The number of halogens is 1. The van der Waals surface area contributed by atoms with Gasteiger partial charge >= 0.3 is 0 Å². The zero-order valence-electron chi connectivity index (χ0n) is 7.78. The van der Waals surface area contributed by atoms with Gasteiger partial charge in [0.1, 0.15) is 0 Å². The summed E-state index contributed by atoms with van der Waals surface area (Å²) in [4.78, 5) is 20.3. The van der Waals surface area contributed by atoms with Crippen molar-refractivity contribution in [3.05, 3.63) is 33.9 Å². The zero-order chi connectivity index (χ0) is 11.2. The second-order valence-corrected chi connectivity index (χ2v) is 4.17. The molecule has 1 aliphatic heterocycles. The third-order valence-corrected chi connectivity index (χ3v) is 2.74. The van der Waals surface area contributed by atoms with Gasteiger partial charge in [-0.3, -0.25) is 14.9 Å². The van der Waals surface area contributed by atoms with Gasteiger partial charge in [-0.2, -0.15) is 0 Å². The van der Waals surface area contributed by atoms with Crippen molar-refractivity contribution in [1.82, 2.24) is 0 Å². The highest BCUT2D eigenvalue weighted by Crippen LogP contribution is 2.45. The van der Waals surface area contributed by atoms with Gasteiger partial charge in [-0.1, -0.05) is 6.07 Å². The van der Waals surface area contributed by atoms with E-state index in [0.717, 1.165) is 0 Å². The Kier molecular flexibility index (Phi) is 1.94. The highest BCUT2D eigenvalue weighted by atomic mass is 35.5. The number of nitro benzene ring substituents is 1. The Bertz CT molecular complexity index is 470. The molecule has 6 heteroatoms. The van der Waals surface area contributed by atoms with Crippen LogP contribution < -0.4 is 5.32 Å². The van der Waals surface area contributed by atoms with Crippen LogP contribution in [-0.4, -0.2) is 10.8 Å². The van der Waals surface area contributed by atoms with Gasteiger partial charge in [-0.25, -0.2) is 0 Å². The molecule has 15 heavy (non-hydrogen) atoms. The highest BCUT2D eigenvalue weighted by Gasteiger charge is 2.45. The van der Waals surface area contributed by atoms with Crippen molar-refractivity contribution in [2.24, 2.45) is 0 Å². The fourth-order valence-corrected chi connectivity index (χ4v) is 1.89. The standard InChI is InChI=1S/C9H7ClN2O3/c1-9(10)7-5(11-8(9)13)3-2-4-6(7)12(14)15/h2-4H,1H3,(H,11,13). The Morgan fingerprint density at radius 2 is 2.20 bits per heavy atom. The van der Waals surface area contributed by atoms with E-state index in [9.17, 15) is 14.9 Å². The molecule has 1 aromatic rings. The van der Waals surface area contributed by atoms with Gasteiger partial charge in [0.25, 0.3) is 5.69 Å². The van der Waals surface area contributed by atoms with Crippen molar-refractivity contribution in [1.29, 1.82) is 0 Å². The molecular weight excluding hydrogens is 220 g/mol. The Balaban J connectivity index is 2.72. The van der Waals surface area contributed by atoms with Crippen molar-refractivity contribution in [3.63, 3.8) is 0 Å². The summed E-state index contributed by atoms with van der Waals surface area (Å²) in [5.41, 5.74) is 0.511. The van der Waals surface area contributed by atoms with E-state index < -0.39 is 15.7 Å². The van der Waals surface area contributed by atoms with E-state index in [2.05, 4.69) is 5.32 Å². The third kappa shape index (κ3) is 1.27. The maximum absolute atomic E-state index is 11.5. The lowest BCUT2D eigenvalue weighted by molar-refractivity contribution is -0.385. The number of carbonyl (C=O) groups excluding carboxylic acids is 1. The maximum atomic E-state index is 11.5. The largest absolute Gasteiger partial charge is 0.324 e. The number of alkyl halides is 1. The average molecular weight is 227 g/mol. The van der Waals surface area contributed by atoms with E-state index in [1.54, 1.807) is 6.07 Å². The number of nitrogens with one attached hydrogen (secondary N) is 1. The molecule has 0 saturated heterocycles. The number of nitrogens with zero attached hydrogens (tertiary/aromatic N) is 1. The van der Waals surface area contributed by atoms with Crippen LogP contribution in [0.2, 0.25) is 0 Å². The van der Waals surface area contributed by atoms with Gasteiger partial charge in [-0.05, 0) is 13.0 Å². The molecule has 1 aromatic carbocycles. The lowest BCUT2D eigenvalue weighted by Crippen LogP contribution is -2.24. The molecule has 0 aliphatic carbocycles. The van der Waals surface area contributed by atoms with E-state index in [1.165, 1.54) is 19.1 Å². The Hall–Kier alpha value is -1.62. The van der Waals surface area contributed by atoms with Crippen LogP contribution in [0.15, 0.2) is 18.2 Å². The van der Waals surface area contributed by atoms with Crippen LogP contribution in [-0.2, 0) is 9.67 Å². The lowest BCUT2D eigenvalue weighted by atomic mass is 10.00. The summed E-state index contributed by atoms with van der Waals surface area (Å²) in [7, 11) is 0. The van der Waals surface area contributed by atoms with E-state index in [0.29, 0.717) is 5.69 Å². The van der Waals surface area contributed by atoms with Gasteiger partial charge in [0.05, 0.1) is 16.2 Å². The van der Waals surface area contributed by atoms with Gasteiger partial charge in [0.15, 0.2) is 4.87 Å². The van der Waals surface area contributed by atoms with Gasteiger partial charge in [0.2, 0.25) is 5.91 Å². The monoisotopic (exact) mass is 226 g/mol. The van der Waals surface area contributed by atoms with Crippen LogP contribution in [0, 0.1) is 10.1 Å². The number of benzene rings is 1. The van der Waals surface area contributed by atoms with Crippen LogP contribution in [0.4, 0.5) is 11.4 Å². The SMILES string of the molecule is CC1(Cl)C(=O)Nc2cccc([N+](=O)[O-])c21. The Morgan fingerprint density at radius 1 is 1.53 bits per heavy atom. The minimum absolute atomic E-state index is 0.136. The quantitative estimate of drug-likeness (QED) is 0.452. The molecule has 1 amide bonds. The number of amides is 1. The van der Waals surface area contributed by atoms with Crippen LogP contribution >= 0.6 is 11.6 Å².